The molecule has 1 aliphatic heterocycles. The Kier molecular flexibility index (Phi) is 5.09. The van der Waals surface area contributed by atoms with Crippen molar-refractivity contribution in [3.8, 4) is 11.5 Å². The van der Waals surface area contributed by atoms with Crippen molar-refractivity contribution in [1.82, 2.24) is 19.9 Å². The lowest BCUT2D eigenvalue weighted by Gasteiger charge is -2.33. The molecule has 0 amide bonds. The first-order valence-corrected chi connectivity index (χ1v) is 8.71. The minimum atomic E-state index is 0.696. The zero-order chi connectivity index (χ0) is 17.1. The smallest absolute Gasteiger partial charge is 0.180 e. The van der Waals surface area contributed by atoms with E-state index in [0.29, 0.717) is 11.7 Å². The Hall–Kier alpha value is -2.01. The standard InChI is InChI=1S/C19H27N5/c1-14-15(2)21-18(17-9-5-6-10-20-17)22-19(14)24(4)13-16-8-7-11-23(3)12-16/h5-6,9-10,16H,7-8,11-13H2,1-4H3. The molecule has 5 heteroatoms. The van der Waals surface area contributed by atoms with Crippen LogP contribution in [-0.4, -0.2) is 53.6 Å². The van der Waals surface area contributed by atoms with Crippen LogP contribution < -0.4 is 4.90 Å². The number of piperidine rings is 1. The SMILES string of the molecule is Cc1nc(-c2ccccn2)nc(N(C)CC2CCCN(C)C2)c1C. The molecule has 1 unspecified atom stereocenters. The van der Waals surface area contributed by atoms with Gasteiger partial charge in [0.2, 0.25) is 0 Å². The predicted octanol–water partition coefficient (Wildman–Crippen LogP) is 2.93. The minimum Gasteiger partial charge on any atom is -0.359 e. The van der Waals surface area contributed by atoms with Gasteiger partial charge in [-0.1, -0.05) is 6.07 Å². The Balaban J connectivity index is 1.85. The first kappa shape index (κ1) is 16.8. The molecule has 0 N–H and O–H groups in total. The Bertz CT molecular complexity index is 686. The van der Waals surface area contributed by atoms with Crippen LogP contribution in [0.5, 0.6) is 0 Å². The summed E-state index contributed by atoms with van der Waals surface area (Å²) in [6.45, 7) is 7.57. The van der Waals surface area contributed by atoms with Crippen molar-refractivity contribution in [3.63, 3.8) is 0 Å². The summed E-state index contributed by atoms with van der Waals surface area (Å²) in [6, 6.07) is 5.85. The molecule has 128 valence electrons. The lowest BCUT2D eigenvalue weighted by Crippen LogP contribution is -2.38. The summed E-state index contributed by atoms with van der Waals surface area (Å²) in [7, 11) is 4.36. The Morgan fingerprint density at radius 3 is 2.79 bits per heavy atom. The van der Waals surface area contributed by atoms with Gasteiger partial charge in [-0.15, -0.1) is 0 Å². The number of likely N-dealkylation sites (tertiary alicyclic amines) is 1. The third-order valence-electron chi connectivity index (χ3n) is 4.87. The minimum absolute atomic E-state index is 0.696. The molecule has 1 saturated heterocycles. The molecule has 3 heterocycles. The number of hydrogen-bond acceptors (Lipinski definition) is 5. The van der Waals surface area contributed by atoms with Crippen molar-refractivity contribution in [1.29, 1.82) is 0 Å². The lowest BCUT2D eigenvalue weighted by atomic mass is 9.98. The largest absolute Gasteiger partial charge is 0.359 e. The van der Waals surface area contributed by atoms with E-state index in [-0.39, 0.29) is 0 Å². The number of anilines is 1. The Morgan fingerprint density at radius 1 is 1.25 bits per heavy atom. The summed E-state index contributed by atoms with van der Waals surface area (Å²) in [5.41, 5.74) is 3.00. The van der Waals surface area contributed by atoms with Crippen LogP contribution in [0.2, 0.25) is 0 Å². The Labute approximate surface area is 144 Å². The molecular formula is C19H27N5. The van der Waals surface area contributed by atoms with Crippen LogP contribution in [0.3, 0.4) is 0 Å². The highest BCUT2D eigenvalue weighted by atomic mass is 15.2. The van der Waals surface area contributed by atoms with Crippen LogP contribution >= 0.6 is 0 Å². The van der Waals surface area contributed by atoms with Gasteiger partial charge < -0.3 is 9.80 Å². The fourth-order valence-electron chi connectivity index (χ4n) is 3.49. The van der Waals surface area contributed by atoms with Gasteiger partial charge in [-0.25, -0.2) is 9.97 Å². The van der Waals surface area contributed by atoms with Gasteiger partial charge in [-0.3, -0.25) is 4.98 Å². The van der Waals surface area contributed by atoms with Crippen molar-refractivity contribution in [2.24, 2.45) is 5.92 Å². The van der Waals surface area contributed by atoms with Crippen molar-refractivity contribution in [3.05, 3.63) is 35.7 Å². The first-order valence-electron chi connectivity index (χ1n) is 8.71. The summed E-state index contributed by atoms with van der Waals surface area (Å²) in [6.07, 6.45) is 4.37. The second-order valence-corrected chi connectivity index (χ2v) is 6.95. The molecule has 2 aromatic rings. The van der Waals surface area contributed by atoms with Gasteiger partial charge >= 0.3 is 0 Å². The molecular weight excluding hydrogens is 298 g/mol. The maximum atomic E-state index is 4.83. The quantitative estimate of drug-likeness (QED) is 0.865. The van der Waals surface area contributed by atoms with E-state index in [9.17, 15) is 0 Å². The van der Waals surface area contributed by atoms with E-state index in [1.54, 1.807) is 6.20 Å². The molecule has 3 rings (SSSR count). The van der Waals surface area contributed by atoms with Gasteiger partial charge in [-0.2, -0.15) is 0 Å². The normalized spacial score (nSPS) is 18.6. The van der Waals surface area contributed by atoms with Crippen LogP contribution in [0.15, 0.2) is 24.4 Å². The van der Waals surface area contributed by atoms with E-state index in [4.69, 9.17) is 4.98 Å². The van der Waals surface area contributed by atoms with Crippen LogP contribution in [0.1, 0.15) is 24.1 Å². The molecule has 0 spiro atoms. The molecule has 0 bridgehead atoms. The highest BCUT2D eigenvalue weighted by molar-refractivity contribution is 5.57. The van der Waals surface area contributed by atoms with E-state index in [1.807, 2.05) is 18.2 Å². The van der Waals surface area contributed by atoms with Gasteiger partial charge in [-0.05, 0) is 58.3 Å². The van der Waals surface area contributed by atoms with Gasteiger partial charge in [0.15, 0.2) is 5.82 Å². The molecule has 0 aromatic carbocycles. The molecule has 1 fully saturated rings. The van der Waals surface area contributed by atoms with Gasteiger partial charge in [0, 0.05) is 37.6 Å². The van der Waals surface area contributed by atoms with Crippen LogP contribution in [0.4, 0.5) is 5.82 Å². The van der Waals surface area contributed by atoms with E-state index in [2.05, 4.69) is 47.7 Å². The third kappa shape index (κ3) is 3.73. The molecule has 5 nitrogen and oxygen atoms in total. The summed E-state index contributed by atoms with van der Waals surface area (Å²) >= 11 is 0. The maximum Gasteiger partial charge on any atom is 0.180 e. The van der Waals surface area contributed by atoms with Crippen molar-refractivity contribution >= 4 is 5.82 Å². The molecule has 24 heavy (non-hydrogen) atoms. The molecule has 2 aromatic heterocycles. The topological polar surface area (TPSA) is 45.2 Å². The summed E-state index contributed by atoms with van der Waals surface area (Å²) in [4.78, 5) is 18.6. The lowest BCUT2D eigenvalue weighted by molar-refractivity contribution is 0.213. The van der Waals surface area contributed by atoms with Crippen molar-refractivity contribution in [2.75, 3.05) is 38.6 Å². The summed E-state index contributed by atoms with van der Waals surface area (Å²) in [5.74, 6) is 2.43. The highest BCUT2D eigenvalue weighted by Crippen LogP contribution is 2.25. The van der Waals surface area contributed by atoms with E-state index in [1.165, 1.54) is 25.9 Å². The number of rotatable bonds is 4. The average Bonchev–Trinajstić information content (AvgIpc) is 2.58. The number of aryl methyl sites for hydroxylation is 1. The fourth-order valence-corrected chi connectivity index (χ4v) is 3.49. The number of pyridine rings is 1. The fraction of sp³-hybridized carbons (Fsp3) is 0.526. The molecule has 1 atom stereocenters. The second-order valence-electron chi connectivity index (χ2n) is 6.95. The Morgan fingerprint density at radius 2 is 2.08 bits per heavy atom. The van der Waals surface area contributed by atoms with Crippen LogP contribution in [0, 0.1) is 19.8 Å². The molecule has 0 radical (unpaired) electrons. The number of hydrogen-bond donors (Lipinski definition) is 0. The first-order chi connectivity index (χ1) is 11.5. The second kappa shape index (κ2) is 7.26. The van der Waals surface area contributed by atoms with E-state index in [0.717, 1.165) is 29.3 Å². The average molecular weight is 325 g/mol. The number of aromatic nitrogens is 3. The van der Waals surface area contributed by atoms with Crippen molar-refractivity contribution in [2.45, 2.75) is 26.7 Å². The van der Waals surface area contributed by atoms with E-state index >= 15 is 0 Å². The monoisotopic (exact) mass is 325 g/mol. The van der Waals surface area contributed by atoms with Gasteiger partial charge in [0.05, 0.1) is 0 Å². The van der Waals surface area contributed by atoms with E-state index < -0.39 is 0 Å². The zero-order valence-corrected chi connectivity index (χ0v) is 15.2. The molecule has 0 aliphatic carbocycles. The zero-order valence-electron chi connectivity index (χ0n) is 15.2. The molecule has 1 aliphatic rings. The van der Waals surface area contributed by atoms with Gasteiger partial charge in [0.25, 0.3) is 0 Å². The summed E-state index contributed by atoms with van der Waals surface area (Å²) in [5, 5.41) is 0. The summed E-state index contributed by atoms with van der Waals surface area (Å²) < 4.78 is 0. The maximum absolute atomic E-state index is 4.83. The predicted molar refractivity (Wildman–Crippen MR) is 98.2 cm³/mol. The van der Waals surface area contributed by atoms with Crippen LogP contribution in [-0.2, 0) is 0 Å². The van der Waals surface area contributed by atoms with Crippen molar-refractivity contribution < 1.29 is 0 Å². The number of nitrogens with zero attached hydrogens (tertiary/aromatic N) is 5. The third-order valence-corrected chi connectivity index (χ3v) is 4.87. The highest BCUT2D eigenvalue weighted by Gasteiger charge is 2.21. The van der Waals surface area contributed by atoms with Crippen LogP contribution in [0.25, 0.3) is 11.5 Å². The molecule has 0 saturated carbocycles. The van der Waals surface area contributed by atoms with Gasteiger partial charge in [0.1, 0.15) is 11.5 Å².